The monoisotopic (exact) mass is 286 g/mol. The highest BCUT2D eigenvalue weighted by atomic mass is 35.5. The van der Waals surface area contributed by atoms with E-state index in [9.17, 15) is 0 Å². The van der Waals surface area contributed by atoms with E-state index in [1.165, 1.54) is 6.42 Å². The maximum absolute atomic E-state index is 6.18. The third-order valence-electron chi connectivity index (χ3n) is 3.79. The first-order valence-electron chi connectivity index (χ1n) is 6.38. The molecule has 1 unspecified atom stereocenters. The van der Waals surface area contributed by atoms with Crippen LogP contribution in [0.2, 0.25) is 10.2 Å². The highest BCUT2D eigenvalue weighted by molar-refractivity contribution is 6.34. The van der Waals surface area contributed by atoms with Crippen LogP contribution in [0, 0.1) is 11.3 Å². The zero-order chi connectivity index (χ0) is 13.3. The Hall–Kier alpha value is -0.310. The van der Waals surface area contributed by atoms with Crippen molar-refractivity contribution in [1.29, 1.82) is 0 Å². The van der Waals surface area contributed by atoms with Crippen molar-refractivity contribution in [2.75, 3.05) is 13.1 Å². The Balaban J connectivity index is 1.99. The second-order valence-corrected chi connectivity index (χ2v) is 6.98. The summed E-state index contributed by atoms with van der Waals surface area (Å²) in [6.45, 7) is 10.1. The molecular weight excluding hydrogens is 267 g/mol. The summed E-state index contributed by atoms with van der Waals surface area (Å²) in [6.07, 6.45) is 3.05. The molecular formula is C14H20Cl2N2. The molecule has 18 heavy (non-hydrogen) atoms. The second kappa shape index (κ2) is 5.36. The lowest BCUT2D eigenvalue weighted by molar-refractivity contribution is 0.226. The minimum atomic E-state index is 0.386. The van der Waals surface area contributed by atoms with Crippen LogP contribution in [0.25, 0.3) is 0 Å². The Morgan fingerprint density at radius 1 is 1.39 bits per heavy atom. The molecule has 2 heterocycles. The fraction of sp³-hybridized carbons (Fsp3) is 0.643. The molecule has 1 atom stereocenters. The SMILES string of the molecule is CC(C)(C)C1CCN(Cc2cnc(Cl)cc2Cl)C1. The summed E-state index contributed by atoms with van der Waals surface area (Å²) in [5.74, 6) is 0.761. The summed E-state index contributed by atoms with van der Waals surface area (Å²) >= 11 is 12.0. The molecule has 0 saturated carbocycles. The van der Waals surface area contributed by atoms with Gasteiger partial charge in [0.2, 0.25) is 0 Å². The number of pyridine rings is 1. The smallest absolute Gasteiger partial charge is 0.130 e. The molecule has 0 bridgehead atoms. The van der Waals surface area contributed by atoms with Crippen LogP contribution in [0.1, 0.15) is 32.8 Å². The highest BCUT2D eigenvalue weighted by Crippen LogP contribution is 2.34. The Morgan fingerprint density at radius 2 is 2.11 bits per heavy atom. The number of aromatic nitrogens is 1. The lowest BCUT2D eigenvalue weighted by Crippen LogP contribution is -2.25. The van der Waals surface area contributed by atoms with E-state index in [1.807, 2.05) is 0 Å². The molecule has 1 aromatic rings. The first kappa shape index (κ1) is 14.1. The van der Waals surface area contributed by atoms with Gasteiger partial charge in [-0.1, -0.05) is 44.0 Å². The molecule has 4 heteroatoms. The normalized spacial score (nSPS) is 21.5. The Labute approximate surface area is 119 Å². The van der Waals surface area contributed by atoms with Gasteiger partial charge in [-0.3, -0.25) is 4.90 Å². The Kier molecular flexibility index (Phi) is 4.20. The number of likely N-dealkylation sites (tertiary alicyclic amines) is 1. The van der Waals surface area contributed by atoms with E-state index in [1.54, 1.807) is 12.3 Å². The van der Waals surface area contributed by atoms with Crippen molar-refractivity contribution in [3.63, 3.8) is 0 Å². The van der Waals surface area contributed by atoms with Gasteiger partial charge >= 0.3 is 0 Å². The lowest BCUT2D eigenvalue weighted by Gasteiger charge is -2.27. The predicted octanol–water partition coefficient (Wildman–Crippen LogP) is 4.26. The van der Waals surface area contributed by atoms with E-state index in [-0.39, 0.29) is 0 Å². The summed E-state index contributed by atoms with van der Waals surface area (Å²) in [5, 5.41) is 1.17. The molecule has 0 radical (unpaired) electrons. The number of halogens is 2. The molecule has 0 aromatic carbocycles. The zero-order valence-electron chi connectivity index (χ0n) is 11.2. The van der Waals surface area contributed by atoms with Crippen LogP contribution in [-0.2, 0) is 6.54 Å². The van der Waals surface area contributed by atoms with Crippen LogP contribution in [0.4, 0.5) is 0 Å². The number of hydrogen-bond donors (Lipinski definition) is 0. The maximum Gasteiger partial charge on any atom is 0.130 e. The summed E-state index contributed by atoms with van der Waals surface area (Å²) in [5.41, 5.74) is 1.45. The van der Waals surface area contributed by atoms with Crippen molar-refractivity contribution in [2.45, 2.75) is 33.7 Å². The van der Waals surface area contributed by atoms with Crippen molar-refractivity contribution in [1.82, 2.24) is 9.88 Å². The van der Waals surface area contributed by atoms with Crippen molar-refractivity contribution >= 4 is 23.2 Å². The van der Waals surface area contributed by atoms with Crippen molar-refractivity contribution in [3.8, 4) is 0 Å². The fourth-order valence-corrected chi connectivity index (χ4v) is 2.90. The lowest BCUT2D eigenvalue weighted by atomic mass is 9.80. The number of nitrogens with zero attached hydrogens (tertiary/aromatic N) is 2. The van der Waals surface area contributed by atoms with Crippen molar-refractivity contribution in [2.24, 2.45) is 11.3 Å². The molecule has 0 amide bonds. The molecule has 1 fully saturated rings. The number of hydrogen-bond acceptors (Lipinski definition) is 2. The molecule has 1 aliphatic rings. The van der Waals surface area contributed by atoms with E-state index < -0.39 is 0 Å². The maximum atomic E-state index is 6.18. The quantitative estimate of drug-likeness (QED) is 0.756. The zero-order valence-corrected chi connectivity index (χ0v) is 12.7. The number of rotatable bonds is 2. The van der Waals surface area contributed by atoms with Gasteiger partial charge in [-0.15, -0.1) is 0 Å². The van der Waals surface area contributed by atoms with Crippen molar-refractivity contribution in [3.05, 3.63) is 28.0 Å². The average Bonchev–Trinajstić information content (AvgIpc) is 2.70. The van der Waals surface area contributed by atoms with E-state index in [2.05, 4.69) is 30.7 Å². The topological polar surface area (TPSA) is 16.1 Å². The van der Waals surface area contributed by atoms with Crippen LogP contribution >= 0.6 is 23.2 Å². The first-order valence-corrected chi connectivity index (χ1v) is 7.14. The van der Waals surface area contributed by atoms with Gasteiger partial charge in [0.25, 0.3) is 0 Å². The first-order chi connectivity index (χ1) is 8.36. The second-order valence-electron chi connectivity index (χ2n) is 6.19. The van der Waals surface area contributed by atoms with Crippen LogP contribution in [0.15, 0.2) is 12.3 Å². The molecule has 0 N–H and O–H groups in total. The molecule has 100 valence electrons. The van der Waals surface area contributed by atoms with Crippen molar-refractivity contribution < 1.29 is 0 Å². The standard InChI is InChI=1S/C14H20Cl2N2/c1-14(2,3)11-4-5-18(9-11)8-10-7-17-13(16)6-12(10)15/h6-7,11H,4-5,8-9H2,1-3H3. The van der Waals surface area contributed by atoms with E-state index >= 15 is 0 Å². The Morgan fingerprint density at radius 3 is 2.67 bits per heavy atom. The van der Waals surface area contributed by atoms with Gasteiger partial charge < -0.3 is 0 Å². The molecule has 1 saturated heterocycles. The van der Waals surface area contributed by atoms with Crippen LogP contribution in [0.3, 0.4) is 0 Å². The van der Waals surface area contributed by atoms with E-state index in [4.69, 9.17) is 23.2 Å². The van der Waals surface area contributed by atoms with Gasteiger partial charge in [-0.2, -0.15) is 0 Å². The van der Waals surface area contributed by atoms with Gasteiger partial charge in [0, 0.05) is 29.9 Å². The van der Waals surface area contributed by atoms with Gasteiger partial charge in [0.1, 0.15) is 5.15 Å². The highest BCUT2D eigenvalue weighted by Gasteiger charge is 2.31. The predicted molar refractivity (Wildman–Crippen MR) is 77.1 cm³/mol. The molecule has 0 spiro atoms. The molecule has 1 aromatic heterocycles. The van der Waals surface area contributed by atoms with Gasteiger partial charge in [0.05, 0.1) is 0 Å². The minimum absolute atomic E-state index is 0.386. The average molecular weight is 287 g/mol. The Bertz CT molecular complexity index is 426. The summed E-state index contributed by atoms with van der Waals surface area (Å²) < 4.78 is 0. The van der Waals surface area contributed by atoms with Gasteiger partial charge in [0.15, 0.2) is 0 Å². The van der Waals surface area contributed by atoms with E-state index in [0.29, 0.717) is 15.6 Å². The molecule has 2 rings (SSSR count). The van der Waals surface area contributed by atoms with Crippen LogP contribution < -0.4 is 0 Å². The van der Waals surface area contributed by atoms with Gasteiger partial charge in [-0.25, -0.2) is 4.98 Å². The summed E-state index contributed by atoms with van der Waals surface area (Å²) in [6, 6.07) is 1.72. The van der Waals surface area contributed by atoms with Crippen LogP contribution in [0.5, 0.6) is 0 Å². The largest absolute Gasteiger partial charge is 0.299 e. The third-order valence-corrected chi connectivity index (χ3v) is 4.35. The third kappa shape index (κ3) is 3.37. The van der Waals surface area contributed by atoms with Gasteiger partial charge in [-0.05, 0) is 30.4 Å². The van der Waals surface area contributed by atoms with Crippen LogP contribution in [-0.4, -0.2) is 23.0 Å². The molecule has 1 aliphatic heterocycles. The molecule has 0 aliphatic carbocycles. The summed E-state index contributed by atoms with van der Waals surface area (Å²) in [7, 11) is 0. The fourth-order valence-electron chi connectivity index (χ4n) is 2.48. The summed E-state index contributed by atoms with van der Waals surface area (Å²) in [4.78, 5) is 6.56. The van der Waals surface area contributed by atoms with E-state index in [0.717, 1.165) is 31.1 Å². The molecule has 2 nitrogen and oxygen atoms in total. The minimum Gasteiger partial charge on any atom is -0.299 e.